The quantitative estimate of drug-likeness (QED) is 0.569. The highest BCUT2D eigenvalue weighted by Crippen LogP contribution is 2.11. The van der Waals surface area contributed by atoms with E-state index in [-0.39, 0.29) is 0 Å². The van der Waals surface area contributed by atoms with Crippen molar-refractivity contribution in [3.8, 4) is 0 Å². The smallest absolute Gasteiger partial charge is 0.0294 e. The second kappa shape index (κ2) is 7.72. The Labute approximate surface area is 111 Å². The van der Waals surface area contributed by atoms with Crippen LogP contribution in [0.2, 0.25) is 0 Å². The third-order valence-electron chi connectivity index (χ3n) is 3.08. The van der Waals surface area contributed by atoms with E-state index in [1.807, 2.05) is 7.05 Å². The maximum Gasteiger partial charge on any atom is 0.0294 e. The molecule has 0 aliphatic rings. The Hall–Kier alpha value is -1.54. The first-order chi connectivity index (χ1) is 8.65. The number of benzene rings is 1. The van der Waals surface area contributed by atoms with Crippen molar-refractivity contribution in [2.24, 2.45) is 0 Å². The van der Waals surface area contributed by atoms with Crippen molar-refractivity contribution in [2.45, 2.75) is 20.3 Å². The van der Waals surface area contributed by atoms with Crippen LogP contribution < -0.4 is 10.6 Å². The van der Waals surface area contributed by atoms with Crippen LogP contribution in [0.25, 0.3) is 0 Å². The van der Waals surface area contributed by atoms with E-state index in [2.05, 4.69) is 61.4 Å². The predicted molar refractivity (Wildman–Crippen MR) is 79.7 cm³/mol. The molecule has 0 aliphatic heterocycles. The first-order valence-electron chi connectivity index (χ1n) is 6.44. The second-order valence-corrected chi connectivity index (χ2v) is 4.53. The summed E-state index contributed by atoms with van der Waals surface area (Å²) in [7, 11) is 1.95. The highest BCUT2D eigenvalue weighted by Gasteiger charge is 1.98. The van der Waals surface area contributed by atoms with Gasteiger partial charge in [0.25, 0.3) is 0 Å². The van der Waals surface area contributed by atoms with Crippen LogP contribution in [0.1, 0.15) is 18.1 Å². The number of likely N-dealkylation sites (N-methyl/N-ethyl adjacent to an activating group) is 1. The first-order valence-corrected chi connectivity index (χ1v) is 6.44. The van der Waals surface area contributed by atoms with Crippen LogP contribution >= 0.6 is 0 Å². The Balaban J connectivity index is 2.51. The van der Waals surface area contributed by atoms with Crippen molar-refractivity contribution in [1.29, 1.82) is 0 Å². The SMILES string of the molecule is C=C(NCCNC)/C(C)=C/Cc1ccccc1C. The van der Waals surface area contributed by atoms with Gasteiger partial charge >= 0.3 is 0 Å². The predicted octanol–water partition coefficient (Wildman–Crippen LogP) is 2.81. The molecule has 0 aliphatic carbocycles. The lowest BCUT2D eigenvalue weighted by molar-refractivity contribution is 0.722. The van der Waals surface area contributed by atoms with Gasteiger partial charge in [-0.05, 0) is 44.0 Å². The summed E-state index contributed by atoms with van der Waals surface area (Å²) in [5.74, 6) is 0. The average Bonchev–Trinajstić information content (AvgIpc) is 2.37. The molecular formula is C16H24N2. The Kier molecular flexibility index (Phi) is 6.23. The summed E-state index contributed by atoms with van der Waals surface area (Å²) in [5.41, 5.74) is 4.95. The van der Waals surface area contributed by atoms with E-state index < -0.39 is 0 Å². The number of rotatable bonds is 7. The minimum atomic E-state index is 0.908. The minimum Gasteiger partial charge on any atom is -0.384 e. The standard InChI is InChI=1S/C16H24N2/c1-13(15(3)18-12-11-17-4)9-10-16-8-6-5-7-14(16)2/h5-9,17-18H,3,10-12H2,1-2,4H3/b13-9+. The zero-order valence-electron chi connectivity index (χ0n) is 11.7. The van der Waals surface area contributed by atoms with Gasteiger partial charge in [0.05, 0.1) is 0 Å². The van der Waals surface area contributed by atoms with E-state index in [1.54, 1.807) is 0 Å². The Morgan fingerprint density at radius 2 is 2.00 bits per heavy atom. The van der Waals surface area contributed by atoms with Crippen LogP contribution in [0.15, 0.2) is 48.2 Å². The lowest BCUT2D eigenvalue weighted by Crippen LogP contribution is -2.24. The van der Waals surface area contributed by atoms with Crippen LogP contribution in [-0.4, -0.2) is 20.1 Å². The molecule has 18 heavy (non-hydrogen) atoms. The van der Waals surface area contributed by atoms with Gasteiger partial charge in [-0.15, -0.1) is 0 Å². The normalized spacial score (nSPS) is 11.4. The van der Waals surface area contributed by atoms with E-state index in [4.69, 9.17) is 0 Å². The van der Waals surface area contributed by atoms with Crippen LogP contribution in [0.5, 0.6) is 0 Å². The van der Waals surface area contributed by atoms with E-state index in [1.165, 1.54) is 16.7 Å². The molecule has 1 rings (SSSR count). The molecule has 0 saturated carbocycles. The zero-order chi connectivity index (χ0) is 13.4. The lowest BCUT2D eigenvalue weighted by atomic mass is 10.0. The van der Waals surface area contributed by atoms with Crippen molar-refractivity contribution in [3.63, 3.8) is 0 Å². The van der Waals surface area contributed by atoms with Gasteiger partial charge < -0.3 is 10.6 Å². The van der Waals surface area contributed by atoms with E-state index >= 15 is 0 Å². The minimum absolute atomic E-state index is 0.908. The van der Waals surface area contributed by atoms with Crippen LogP contribution in [0, 0.1) is 6.92 Å². The summed E-state index contributed by atoms with van der Waals surface area (Å²) in [6, 6.07) is 8.49. The number of aryl methyl sites for hydroxylation is 1. The molecule has 98 valence electrons. The first kappa shape index (κ1) is 14.5. The highest BCUT2D eigenvalue weighted by molar-refractivity contribution is 5.31. The van der Waals surface area contributed by atoms with E-state index in [0.717, 1.165) is 25.2 Å². The highest BCUT2D eigenvalue weighted by atomic mass is 14.9. The summed E-state index contributed by atoms with van der Waals surface area (Å²) in [5, 5.41) is 6.41. The van der Waals surface area contributed by atoms with Gasteiger partial charge in [0.2, 0.25) is 0 Å². The second-order valence-electron chi connectivity index (χ2n) is 4.53. The topological polar surface area (TPSA) is 24.1 Å². The molecule has 0 radical (unpaired) electrons. The molecule has 0 aromatic heterocycles. The summed E-state index contributed by atoms with van der Waals surface area (Å²) in [6.45, 7) is 10.2. The monoisotopic (exact) mass is 244 g/mol. The fourth-order valence-electron chi connectivity index (χ4n) is 1.70. The molecule has 0 unspecified atom stereocenters. The average molecular weight is 244 g/mol. The molecule has 0 saturated heterocycles. The van der Waals surface area contributed by atoms with Crippen LogP contribution in [0.3, 0.4) is 0 Å². The fourth-order valence-corrected chi connectivity index (χ4v) is 1.70. The number of hydrogen-bond acceptors (Lipinski definition) is 2. The number of allylic oxidation sites excluding steroid dienone is 2. The summed E-state index contributed by atoms with van der Waals surface area (Å²) >= 11 is 0. The van der Waals surface area contributed by atoms with Gasteiger partial charge in [-0.2, -0.15) is 0 Å². The molecule has 0 atom stereocenters. The number of nitrogens with one attached hydrogen (secondary N) is 2. The summed E-state index contributed by atoms with van der Waals surface area (Å²) in [6.07, 6.45) is 3.20. The maximum atomic E-state index is 4.05. The molecule has 1 aromatic rings. The van der Waals surface area contributed by atoms with Crippen molar-refractivity contribution < 1.29 is 0 Å². The van der Waals surface area contributed by atoms with Crippen molar-refractivity contribution in [3.05, 3.63) is 59.3 Å². The number of hydrogen-bond donors (Lipinski definition) is 2. The molecule has 0 heterocycles. The molecule has 0 fully saturated rings. The van der Waals surface area contributed by atoms with E-state index in [9.17, 15) is 0 Å². The van der Waals surface area contributed by atoms with Crippen molar-refractivity contribution in [2.75, 3.05) is 20.1 Å². The van der Waals surface area contributed by atoms with Crippen LogP contribution in [0.4, 0.5) is 0 Å². The van der Waals surface area contributed by atoms with Gasteiger partial charge in [-0.1, -0.05) is 36.9 Å². The third kappa shape index (κ3) is 4.76. The van der Waals surface area contributed by atoms with Gasteiger partial charge in [0.1, 0.15) is 0 Å². The Bertz CT molecular complexity index is 419. The largest absolute Gasteiger partial charge is 0.384 e. The molecule has 2 nitrogen and oxygen atoms in total. The van der Waals surface area contributed by atoms with Gasteiger partial charge in [0, 0.05) is 18.8 Å². The molecule has 1 aromatic carbocycles. The Morgan fingerprint density at radius 3 is 2.67 bits per heavy atom. The molecule has 2 N–H and O–H groups in total. The van der Waals surface area contributed by atoms with Gasteiger partial charge in [0.15, 0.2) is 0 Å². The lowest BCUT2D eigenvalue weighted by Gasteiger charge is -2.10. The van der Waals surface area contributed by atoms with Gasteiger partial charge in [-0.3, -0.25) is 0 Å². The van der Waals surface area contributed by atoms with Gasteiger partial charge in [-0.25, -0.2) is 0 Å². The molecule has 2 heteroatoms. The summed E-state index contributed by atoms with van der Waals surface area (Å²) in [4.78, 5) is 0. The molecule has 0 bridgehead atoms. The fraction of sp³-hybridized carbons (Fsp3) is 0.375. The molecular weight excluding hydrogens is 220 g/mol. The summed E-state index contributed by atoms with van der Waals surface area (Å²) < 4.78 is 0. The van der Waals surface area contributed by atoms with E-state index in [0.29, 0.717) is 0 Å². The maximum absolute atomic E-state index is 4.05. The van der Waals surface area contributed by atoms with Crippen molar-refractivity contribution >= 4 is 0 Å². The third-order valence-corrected chi connectivity index (χ3v) is 3.08. The van der Waals surface area contributed by atoms with Crippen LogP contribution in [-0.2, 0) is 6.42 Å². The zero-order valence-corrected chi connectivity index (χ0v) is 11.7. The molecule has 0 spiro atoms. The Morgan fingerprint density at radius 1 is 1.28 bits per heavy atom. The van der Waals surface area contributed by atoms with Crippen molar-refractivity contribution in [1.82, 2.24) is 10.6 Å². The molecule has 0 amide bonds.